The standard InChI is InChI=1S/C30H34Cl3N3O5S/c1-5-26(30(38)34-17-20(2)3)35(18-21-11-13-24(32)25(33)15-21)29(37)19-36(27-16-22(31)12-14-28(27)41-4)42(39,40)23-9-7-6-8-10-23/h6-16,20,26H,5,17-19H2,1-4H3,(H,34,38)/t26-/m0/s1. The van der Waals surface area contributed by atoms with Crippen LogP contribution in [0.3, 0.4) is 0 Å². The van der Waals surface area contributed by atoms with Crippen molar-refractivity contribution in [2.75, 3.05) is 24.5 Å². The van der Waals surface area contributed by atoms with Crippen molar-refractivity contribution in [2.45, 2.75) is 44.7 Å². The lowest BCUT2D eigenvalue weighted by molar-refractivity contribution is -0.140. The van der Waals surface area contributed by atoms with Gasteiger partial charge in [-0.2, -0.15) is 0 Å². The lowest BCUT2D eigenvalue weighted by atomic mass is 10.1. The first-order valence-corrected chi connectivity index (χ1v) is 15.9. The Bertz CT molecular complexity index is 1500. The summed E-state index contributed by atoms with van der Waals surface area (Å²) in [5.41, 5.74) is 0.694. The van der Waals surface area contributed by atoms with Gasteiger partial charge in [-0.25, -0.2) is 8.42 Å². The highest BCUT2D eigenvalue weighted by Gasteiger charge is 2.35. The smallest absolute Gasteiger partial charge is 0.264 e. The number of halogens is 3. The van der Waals surface area contributed by atoms with Crippen molar-refractivity contribution in [1.82, 2.24) is 10.2 Å². The van der Waals surface area contributed by atoms with Crippen LogP contribution in [0.5, 0.6) is 5.75 Å². The van der Waals surface area contributed by atoms with Crippen molar-refractivity contribution < 1.29 is 22.7 Å². The molecule has 0 aromatic heterocycles. The van der Waals surface area contributed by atoms with E-state index in [1.165, 1.54) is 36.3 Å². The summed E-state index contributed by atoms with van der Waals surface area (Å²) >= 11 is 18.6. The number of hydrogen-bond donors (Lipinski definition) is 1. The number of anilines is 1. The molecule has 12 heteroatoms. The zero-order valence-electron chi connectivity index (χ0n) is 23.8. The largest absolute Gasteiger partial charge is 0.495 e. The maximum Gasteiger partial charge on any atom is 0.264 e. The summed E-state index contributed by atoms with van der Waals surface area (Å²) in [6.45, 7) is 5.47. The molecule has 1 atom stereocenters. The summed E-state index contributed by atoms with van der Waals surface area (Å²) in [6.07, 6.45) is 0.281. The number of amides is 2. The maximum absolute atomic E-state index is 14.2. The van der Waals surface area contributed by atoms with Crippen LogP contribution in [-0.4, -0.2) is 51.4 Å². The van der Waals surface area contributed by atoms with Gasteiger partial charge in [-0.15, -0.1) is 0 Å². The molecule has 0 saturated heterocycles. The first-order valence-electron chi connectivity index (χ1n) is 13.3. The van der Waals surface area contributed by atoms with E-state index in [9.17, 15) is 18.0 Å². The Morgan fingerprint density at radius 2 is 1.64 bits per heavy atom. The van der Waals surface area contributed by atoms with E-state index in [1.807, 2.05) is 13.8 Å². The van der Waals surface area contributed by atoms with Crippen molar-refractivity contribution in [3.8, 4) is 5.75 Å². The Hall–Kier alpha value is -2.98. The van der Waals surface area contributed by atoms with Gasteiger partial charge >= 0.3 is 0 Å². The van der Waals surface area contributed by atoms with Crippen LogP contribution >= 0.6 is 34.8 Å². The van der Waals surface area contributed by atoms with E-state index in [4.69, 9.17) is 39.5 Å². The third kappa shape index (κ3) is 8.31. The molecule has 0 saturated carbocycles. The van der Waals surface area contributed by atoms with Crippen molar-refractivity contribution in [3.05, 3.63) is 87.4 Å². The molecule has 0 unspecified atom stereocenters. The van der Waals surface area contributed by atoms with Crippen molar-refractivity contribution in [2.24, 2.45) is 5.92 Å². The van der Waals surface area contributed by atoms with Gasteiger partial charge in [0, 0.05) is 18.1 Å². The summed E-state index contributed by atoms with van der Waals surface area (Å²) in [6, 6.07) is 16.3. The van der Waals surface area contributed by atoms with Gasteiger partial charge in [0.2, 0.25) is 11.8 Å². The van der Waals surface area contributed by atoms with E-state index in [1.54, 1.807) is 49.4 Å². The van der Waals surface area contributed by atoms with Gasteiger partial charge in [-0.1, -0.05) is 79.8 Å². The molecule has 226 valence electrons. The fraction of sp³-hybridized carbons (Fsp3) is 0.333. The van der Waals surface area contributed by atoms with Gasteiger partial charge in [0.05, 0.1) is 27.7 Å². The van der Waals surface area contributed by atoms with Gasteiger partial charge in [0.1, 0.15) is 18.3 Å². The Kier molecular flexibility index (Phi) is 11.9. The predicted octanol–water partition coefficient (Wildman–Crippen LogP) is 6.43. The minimum absolute atomic E-state index is 0.0186. The molecule has 0 aliphatic rings. The number of benzene rings is 3. The van der Waals surface area contributed by atoms with Crippen LogP contribution in [-0.2, 0) is 26.2 Å². The van der Waals surface area contributed by atoms with Gasteiger partial charge in [0.25, 0.3) is 10.0 Å². The molecule has 3 aromatic rings. The zero-order chi connectivity index (χ0) is 31.0. The van der Waals surface area contributed by atoms with Gasteiger partial charge in [-0.05, 0) is 60.4 Å². The highest BCUT2D eigenvalue weighted by Crippen LogP contribution is 2.35. The van der Waals surface area contributed by atoms with E-state index in [0.717, 1.165) is 4.31 Å². The molecule has 8 nitrogen and oxygen atoms in total. The third-order valence-electron chi connectivity index (χ3n) is 6.43. The van der Waals surface area contributed by atoms with Gasteiger partial charge < -0.3 is 15.0 Å². The van der Waals surface area contributed by atoms with Crippen molar-refractivity contribution in [1.29, 1.82) is 0 Å². The second kappa shape index (κ2) is 15.0. The molecular weight excluding hydrogens is 621 g/mol. The molecule has 0 spiro atoms. The number of carbonyl (C=O) groups excluding carboxylic acids is 2. The second-order valence-corrected chi connectivity index (χ2v) is 13.1. The summed E-state index contributed by atoms with van der Waals surface area (Å²) in [7, 11) is -2.89. The Morgan fingerprint density at radius 1 is 0.952 bits per heavy atom. The number of rotatable bonds is 13. The maximum atomic E-state index is 14.2. The van der Waals surface area contributed by atoms with E-state index in [0.29, 0.717) is 17.1 Å². The Labute approximate surface area is 262 Å². The molecule has 2 amide bonds. The summed E-state index contributed by atoms with van der Waals surface area (Å²) in [4.78, 5) is 28.9. The average molecular weight is 655 g/mol. The first kappa shape index (κ1) is 33.5. The number of hydrogen-bond acceptors (Lipinski definition) is 5. The first-order chi connectivity index (χ1) is 19.9. The van der Waals surface area contributed by atoms with Crippen molar-refractivity contribution in [3.63, 3.8) is 0 Å². The highest BCUT2D eigenvalue weighted by atomic mass is 35.5. The fourth-order valence-electron chi connectivity index (χ4n) is 4.27. The normalized spacial score (nSPS) is 12.1. The zero-order valence-corrected chi connectivity index (χ0v) is 26.9. The minimum Gasteiger partial charge on any atom is -0.495 e. The number of carbonyl (C=O) groups is 2. The quantitative estimate of drug-likeness (QED) is 0.229. The van der Waals surface area contributed by atoms with E-state index in [-0.39, 0.29) is 51.2 Å². The van der Waals surface area contributed by atoms with Crippen LogP contribution in [0.1, 0.15) is 32.8 Å². The lowest BCUT2D eigenvalue weighted by Crippen LogP contribution is -2.52. The molecule has 0 fully saturated rings. The van der Waals surface area contributed by atoms with Crippen LogP contribution in [0.2, 0.25) is 15.1 Å². The van der Waals surface area contributed by atoms with Crippen LogP contribution in [0.25, 0.3) is 0 Å². The number of nitrogens with zero attached hydrogens (tertiary/aromatic N) is 2. The number of methoxy groups -OCH3 is 1. The number of ether oxygens (including phenoxy) is 1. The number of nitrogens with one attached hydrogen (secondary N) is 1. The fourth-order valence-corrected chi connectivity index (χ4v) is 6.19. The average Bonchev–Trinajstić information content (AvgIpc) is 2.96. The van der Waals surface area contributed by atoms with Gasteiger partial charge in [0.15, 0.2) is 0 Å². The van der Waals surface area contributed by atoms with E-state index in [2.05, 4.69) is 5.32 Å². The Balaban J connectivity index is 2.12. The summed E-state index contributed by atoms with van der Waals surface area (Å²) in [5, 5.41) is 3.77. The van der Waals surface area contributed by atoms with Crippen LogP contribution in [0, 0.1) is 5.92 Å². The molecule has 0 aliphatic heterocycles. The molecule has 0 aliphatic carbocycles. The molecule has 0 heterocycles. The summed E-state index contributed by atoms with van der Waals surface area (Å²) in [5.74, 6) is -0.580. The molecule has 0 radical (unpaired) electrons. The highest BCUT2D eigenvalue weighted by molar-refractivity contribution is 7.92. The monoisotopic (exact) mass is 653 g/mol. The SMILES string of the molecule is CC[C@@H](C(=O)NCC(C)C)N(Cc1ccc(Cl)c(Cl)c1)C(=O)CN(c1cc(Cl)ccc1OC)S(=O)(=O)c1ccccc1. The topological polar surface area (TPSA) is 96.0 Å². The number of sulfonamides is 1. The van der Waals surface area contributed by atoms with Crippen molar-refractivity contribution >= 4 is 62.3 Å². The molecule has 3 rings (SSSR count). The minimum atomic E-state index is -4.28. The van der Waals surface area contributed by atoms with E-state index >= 15 is 0 Å². The van der Waals surface area contributed by atoms with Crippen LogP contribution < -0.4 is 14.4 Å². The lowest BCUT2D eigenvalue weighted by Gasteiger charge is -2.33. The van der Waals surface area contributed by atoms with Crippen LogP contribution in [0.15, 0.2) is 71.6 Å². The molecular formula is C30H34Cl3N3O5S. The summed E-state index contributed by atoms with van der Waals surface area (Å²) < 4.78 is 34.4. The molecule has 3 aromatic carbocycles. The second-order valence-electron chi connectivity index (χ2n) is 9.97. The van der Waals surface area contributed by atoms with E-state index < -0.39 is 28.5 Å². The van der Waals surface area contributed by atoms with Gasteiger partial charge in [-0.3, -0.25) is 13.9 Å². The molecule has 0 bridgehead atoms. The molecule has 1 N–H and O–H groups in total. The van der Waals surface area contributed by atoms with Crippen LogP contribution in [0.4, 0.5) is 5.69 Å². The molecule has 42 heavy (non-hydrogen) atoms. The Morgan fingerprint density at radius 3 is 2.24 bits per heavy atom. The third-order valence-corrected chi connectivity index (χ3v) is 9.18. The predicted molar refractivity (Wildman–Crippen MR) is 168 cm³/mol.